The second-order valence-electron chi connectivity index (χ2n) is 3.70. The van der Waals surface area contributed by atoms with E-state index in [1.807, 2.05) is 6.92 Å². The van der Waals surface area contributed by atoms with E-state index in [2.05, 4.69) is 0 Å². The molecule has 0 atom stereocenters. The van der Waals surface area contributed by atoms with Crippen molar-refractivity contribution in [3.63, 3.8) is 0 Å². The monoisotopic (exact) mass is 240 g/mol. The van der Waals surface area contributed by atoms with Crippen LogP contribution in [0.25, 0.3) is 0 Å². The number of nitrogens with two attached hydrogens (primary N) is 1. The Kier molecular flexibility index (Phi) is 4.90. The van der Waals surface area contributed by atoms with Crippen LogP contribution >= 0.6 is 0 Å². The fourth-order valence-corrected chi connectivity index (χ4v) is 1.40. The molecule has 0 aliphatic heterocycles. The molecule has 0 saturated carbocycles. The van der Waals surface area contributed by atoms with Crippen LogP contribution in [-0.2, 0) is 4.74 Å². The Morgan fingerprint density at radius 2 is 2.18 bits per heavy atom. The molecule has 4 nitrogen and oxygen atoms in total. The lowest BCUT2D eigenvalue weighted by Crippen LogP contribution is -2.30. The van der Waals surface area contributed by atoms with Crippen molar-refractivity contribution in [3.05, 3.63) is 29.6 Å². The van der Waals surface area contributed by atoms with Crippen molar-refractivity contribution in [1.29, 1.82) is 0 Å². The van der Waals surface area contributed by atoms with E-state index in [1.165, 1.54) is 23.1 Å². The van der Waals surface area contributed by atoms with Crippen molar-refractivity contribution in [2.45, 2.75) is 6.92 Å². The zero-order chi connectivity index (χ0) is 12.8. The number of halogens is 1. The zero-order valence-corrected chi connectivity index (χ0v) is 10.1. The summed E-state index contributed by atoms with van der Waals surface area (Å²) < 4.78 is 18.2. The van der Waals surface area contributed by atoms with Crippen LogP contribution < -0.4 is 5.73 Å². The number of hydrogen-bond acceptors (Lipinski definition) is 3. The lowest BCUT2D eigenvalue weighted by molar-refractivity contribution is 0.0709. The lowest BCUT2D eigenvalue weighted by atomic mass is 10.1. The lowest BCUT2D eigenvalue weighted by Gasteiger charge is -2.17. The van der Waals surface area contributed by atoms with Gasteiger partial charge in [0.1, 0.15) is 5.82 Å². The van der Waals surface area contributed by atoms with Crippen LogP contribution in [0.1, 0.15) is 17.3 Å². The SMILES string of the molecule is CCOCCN(C)C(=O)c1cc(N)cc(F)c1. The number of anilines is 1. The predicted molar refractivity (Wildman–Crippen MR) is 64.3 cm³/mol. The molecular formula is C12H17FN2O2. The van der Waals surface area contributed by atoms with E-state index in [0.717, 1.165) is 0 Å². The topological polar surface area (TPSA) is 55.6 Å². The Morgan fingerprint density at radius 3 is 2.76 bits per heavy atom. The van der Waals surface area contributed by atoms with E-state index in [4.69, 9.17) is 10.5 Å². The van der Waals surface area contributed by atoms with Crippen molar-refractivity contribution in [3.8, 4) is 0 Å². The summed E-state index contributed by atoms with van der Waals surface area (Å²) in [6.45, 7) is 3.41. The first-order chi connectivity index (χ1) is 8.04. The molecule has 0 aliphatic rings. The number of benzene rings is 1. The molecular weight excluding hydrogens is 223 g/mol. The molecule has 0 saturated heterocycles. The highest BCUT2D eigenvalue weighted by Crippen LogP contribution is 2.12. The summed E-state index contributed by atoms with van der Waals surface area (Å²) in [7, 11) is 1.64. The van der Waals surface area contributed by atoms with Gasteiger partial charge in [-0.15, -0.1) is 0 Å². The average Bonchev–Trinajstić information content (AvgIpc) is 2.27. The normalized spacial score (nSPS) is 10.3. The molecule has 0 fully saturated rings. The number of amides is 1. The van der Waals surface area contributed by atoms with Crippen molar-refractivity contribution >= 4 is 11.6 Å². The molecule has 0 unspecified atom stereocenters. The molecule has 1 aromatic carbocycles. The Hall–Kier alpha value is -1.62. The second kappa shape index (κ2) is 6.20. The van der Waals surface area contributed by atoms with Crippen molar-refractivity contribution in [1.82, 2.24) is 4.90 Å². The molecule has 0 spiro atoms. The van der Waals surface area contributed by atoms with Gasteiger partial charge in [-0.3, -0.25) is 4.79 Å². The molecule has 0 bridgehead atoms. The maximum Gasteiger partial charge on any atom is 0.253 e. The molecule has 5 heteroatoms. The number of nitrogens with zero attached hydrogens (tertiary/aromatic N) is 1. The molecule has 2 N–H and O–H groups in total. The van der Waals surface area contributed by atoms with Gasteiger partial charge in [0.15, 0.2) is 0 Å². The quantitative estimate of drug-likeness (QED) is 0.627. The second-order valence-corrected chi connectivity index (χ2v) is 3.70. The Labute approximate surface area is 100 Å². The number of likely N-dealkylation sites (N-methyl/N-ethyl adjacent to an activating group) is 1. The minimum absolute atomic E-state index is 0.242. The molecule has 17 heavy (non-hydrogen) atoms. The van der Waals surface area contributed by atoms with Gasteiger partial charge in [0.25, 0.3) is 5.91 Å². The molecule has 0 aliphatic carbocycles. The highest BCUT2D eigenvalue weighted by atomic mass is 19.1. The van der Waals surface area contributed by atoms with Gasteiger partial charge in [-0.05, 0) is 25.1 Å². The van der Waals surface area contributed by atoms with Gasteiger partial charge in [0.2, 0.25) is 0 Å². The van der Waals surface area contributed by atoms with Gasteiger partial charge in [-0.2, -0.15) is 0 Å². The highest BCUT2D eigenvalue weighted by molar-refractivity contribution is 5.94. The van der Waals surface area contributed by atoms with Gasteiger partial charge >= 0.3 is 0 Å². The first-order valence-electron chi connectivity index (χ1n) is 5.44. The number of hydrogen-bond donors (Lipinski definition) is 1. The number of carbonyl (C=O) groups excluding carboxylic acids is 1. The number of carbonyl (C=O) groups is 1. The van der Waals surface area contributed by atoms with Crippen LogP contribution in [-0.4, -0.2) is 37.6 Å². The summed E-state index contributed by atoms with van der Waals surface area (Å²) in [5.74, 6) is -0.775. The Morgan fingerprint density at radius 1 is 1.47 bits per heavy atom. The summed E-state index contributed by atoms with van der Waals surface area (Å²) >= 11 is 0. The molecule has 0 aromatic heterocycles. The Balaban J connectivity index is 2.68. The summed E-state index contributed by atoms with van der Waals surface area (Å²) in [5.41, 5.74) is 5.98. The van der Waals surface area contributed by atoms with Crippen molar-refractivity contribution in [2.75, 3.05) is 32.5 Å². The maximum absolute atomic E-state index is 13.1. The van der Waals surface area contributed by atoms with Gasteiger partial charge in [-0.25, -0.2) is 4.39 Å². The van der Waals surface area contributed by atoms with E-state index in [0.29, 0.717) is 19.8 Å². The highest BCUT2D eigenvalue weighted by Gasteiger charge is 2.12. The number of nitrogen functional groups attached to an aromatic ring is 1. The first-order valence-corrected chi connectivity index (χ1v) is 5.44. The van der Waals surface area contributed by atoms with Crippen LogP contribution in [0.2, 0.25) is 0 Å². The average molecular weight is 240 g/mol. The molecule has 1 rings (SSSR count). The van der Waals surface area contributed by atoms with Crippen LogP contribution in [0, 0.1) is 5.82 Å². The third-order valence-corrected chi connectivity index (χ3v) is 2.29. The van der Waals surface area contributed by atoms with Gasteiger partial charge in [0.05, 0.1) is 6.61 Å². The third kappa shape index (κ3) is 4.03. The van der Waals surface area contributed by atoms with Crippen molar-refractivity contribution < 1.29 is 13.9 Å². The van der Waals surface area contributed by atoms with Gasteiger partial charge in [0, 0.05) is 31.5 Å². The van der Waals surface area contributed by atoms with Gasteiger partial charge in [-0.1, -0.05) is 0 Å². The smallest absolute Gasteiger partial charge is 0.253 e. The Bertz CT molecular complexity index is 376. The van der Waals surface area contributed by atoms with Crippen LogP contribution in [0.4, 0.5) is 10.1 Å². The molecule has 94 valence electrons. The predicted octanol–water partition coefficient (Wildman–Crippen LogP) is 1.52. The van der Waals surface area contributed by atoms with Crippen LogP contribution in [0.3, 0.4) is 0 Å². The van der Waals surface area contributed by atoms with E-state index in [9.17, 15) is 9.18 Å². The molecule has 1 amide bonds. The minimum Gasteiger partial charge on any atom is -0.399 e. The van der Waals surface area contributed by atoms with Crippen molar-refractivity contribution in [2.24, 2.45) is 0 Å². The summed E-state index contributed by atoms with van der Waals surface area (Å²) in [5, 5.41) is 0. The standard InChI is InChI=1S/C12H17FN2O2/c1-3-17-5-4-15(2)12(16)9-6-10(13)8-11(14)7-9/h6-8H,3-5,14H2,1-2H3. The van der Waals surface area contributed by atoms with Crippen LogP contribution in [0.15, 0.2) is 18.2 Å². The zero-order valence-electron chi connectivity index (χ0n) is 10.1. The fraction of sp³-hybridized carbons (Fsp3) is 0.417. The van der Waals surface area contributed by atoms with E-state index < -0.39 is 5.82 Å². The van der Waals surface area contributed by atoms with E-state index in [-0.39, 0.29) is 17.2 Å². The number of rotatable bonds is 5. The van der Waals surface area contributed by atoms with E-state index in [1.54, 1.807) is 7.05 Å². The van der Waals surface area contributed by atoms with Crippen LogP contribution in [0.5, 0.6) is 0 Å². The molecule has 1 aromatic rings. The maximum atomic E-state index is 13.1. The summed E-state index contributed by atoms with van der Waals surface area (Å²) in [6.07, 6.45) is 0. The third-order valence-electron chi connectivity index (χ3n) is 2.29. The summed E-state index contributed by atoms with van der Waals surface area (Å²) in [4.78, 5) is 13.4. The number of ether oxygens (including phenoxy) is 1. The fourth-order valence-electron chi connectivity index (χ4n) is 1.40. The molecule has 0 heterocycles. The largest absolute Gasteiger partial charge is 0.399 e. The molecule has 0 radical (unpaired) electrons. The minimum atomic E-state index is -0.508. The first kappa shape index (κ1) is 13.4. The van der Waals surface area contributed by atoms with E-state index >= 15 is 0 Å². The van der Waals surface area contributed by atoms with Gasteiger partial charge < -0.3 is 15.4 Å². The summed E-state index contributed by atoms with van der Waals surface area (Å²) in [6, 6.07) is 3.81.